The first-order valence-electron chi connectivity index (χ1n) is 2.50. The van der Waals surface area contributed by atoms with Crippen LogP contribution in [0.2, 0.25) is 0 Å². The zero-order valence-corrected chi connectivity index (χ0v) is 4.65. The van der Waals surface area contributed by atoms with Crippen LogP contribution in [0.4, 0.5) is 0 Å². The van der Waals surface area contributed by atoms with Crippen LogP contribution in [0.1, 0.15) is 19.8 Å². The fraction of sp³-hybridized carbons (Fsp3) is 0.667. The van der Waals surface area contributed by atoms with Crippen LogP contribution in [0.3, 0.4) is 0 Å². The monoisotopic (exact) mass is 96.1 g/mol. The second kappa shape index (κ2) is 3.67. The molecule has 0 N–H and O–H groups in total. The molecule has 0 amide bonds. The molecule has 1 nitrogen and oxygen atoms in total. The molecule has 0 aliphatic rings. The van der Waals surface area contributed by atoms with E-state index in [4.69, 9.17) is 5.26 Å². The van der Waals surface area contributed by atoms with E-state index in [0.717, 1.165) is 12.8 Å². The van der Waals surface area contributed by atoms with E-state index in [1.54, 1.807) is 0 Å². The Morgan fingerprint density at radius 3 is 2.57 bits per heavy atom. The van der Waals surface area contributed by atoms with Gasteiger partial charge in [-0.2, -0.15) is 5.26 Å². The van der Waals surface area contributed by atoms with E-state index >= 15 is 0 Å². The highest BCUT2D eigenvalue weighted by atomic mass is 14.2. The fourth-order valence-corrected chi connectivity index (χ4v) is 0.371. The summed E-state index contributed by atoms with van der Waals surface area (Å²) in [6, 6.07) is 2.13. The SMILES string of the molecule is [CH2]CCC(C)C#N. The van der Waals surface area contributed by atoms with E-state index in [1.165, 1.54) is 0 Å². The molecule has 0 bridgehead atoms. The first-order valence-corrected chi connectivity index (χ1v) is 2.50. The Bertz CT molecular complexity index is 70.7. The Morgan fingerprint density at radius 2 is 2.43 bits per heavy atom. The highest BCUT2D eigenvalue weighted by molar-refractivity contribution is 4.77. The van der Waals surface area contributed by atoms with Crippen LogP contribution < -0.4 is 0 Å². The molecule has 1 unspecified atom stereocenters. The lowest BCUT2D eigenvalue weighted by molar-refractivity contribution is 0.669. The molecular weight excluding hydrogens is 86.1 g/mol. The van der Waals surface area contributed by atoms with Crippen LogP contribution in [0.25, 0.3) is 0 Å². The normalized spacial score (nSPS) is 12.7. The van der Waals surface area contributed by atoms with Crippen molar-refractivity contribution in [2.45, 2.75) is 19.8 Å². The molecule has 1 radical (unpaired) electrons. The van der Waals surface area contributed by atoms with Crippen LogP contribution in [0.15, 0.2) is 0 Å². The quantitative estimate of drug-likeness (QED) is 0.514. The predicted molar refractivity (Wildman–Crippen MR) is 29.4 cm³/mol. The molecule has 0 aliphatic carbocycles. The van der Waals surface area contributed by atoms with Gasteiger partial charge in [-0.15, -0.1) is 0 Å². The third-order valence-corrected chi connectivity index (χ3v) is 0.858. The third-order valence-electron chi connectivity index (χ3n) is 0.858. The van der Waals surface area contributed by atoms with Crippen LogP contribution in [-0.4, -0.2) is 0 Å². The van der Waals surface area contributed by atoms with E-state index in [2.05, 4.69) is 13.0 Å². The van der Waals surface area contributed by atoms with Gasteiger partial charge in [0.2, 0.25) is 0 Å². The van der Waals surface area contributed by atoms with Crippen LogP contribution in [0, 0.1) is 24.2 Å². The van der Waals surface area contributed by atoms with Crippen LogP contribution in [0.5, 0.6) is 0 Å². The van der Waals surface area contributed by atoms with Crippen molar-refractivity contribution in [2.24, 2.45) is 5.92 Å². The summed E-state index contributed by atoms with van der Waals surface area (Å²) in [5.74, 6) is 0.192. The molecule has 0 aliphatic heterocycles. The molecule has 0 saturated heterocycles. The van der Waals surface area contributed by atoms with Gasteiger partial charge < -0.3 is 0 Å². The summed E-state index contributed by atoms with van der Waals surface area (Å²) in [7, 11) is 0. The highest BCUT2D eigenvalue weighted by Gasteiger charge is 1.92. The molecule has 7 heavy (non-hydrogen) atoms. The second-order valence-electron chi connectivity index (χ2n) is 1.67. The Balaban J connectivity index is 3.04. The van der Waals surface area contributed by atoms with Gasteiger partial charge in [0.05, 0.1) is 6.07 Å². The third kappa shape index (κ3) is 3.32. The predicted octanol–water partition coefficient (Wildman–Crippen LogP) is 1.76. The highest BCUT2D eigenvalue weighted by Crippen LogP contribution is 2.00. The van der Waals surface area contributed by atoms with Crippen molar-refractivity contribution < 1.29 is 0 Å². The molecule has 1 atom stereocenters. The van der Waals surface area contributed by atoms with E-state index in [9.17, 15) is 0 Å². The van der Waals surface area contributed by atoms with Gasteiger partial charge in [-0.05, 0) is 13.3 Å². The largest absolute Gasteiger partial charge is 0.198 e. The van der Waals surface area contributed by atoms with Crippen molar-refractivity contribution in [3.8, 4) is 6.07 Å². The molecule has 0 rings (SSSR count). The van der Waals surface area contributed by atoms with Crippen molar-refractivity contribution in [1.82, 2.24) is 0 Å². The lowest BCUT2D eigenvalue weighted by Crippen LogP contribution is -1.85. The molecule has 39 valence electrons. The maximum Gasteiger partial charge on any atom is 0.0652 e. The van der Waals surface area contributed by atoms with Crippen molar-refractivity contribution >= 4 is 0 Å². The first kappa shape index (κ1) is 6.49. The summed E-state index contributed by atoms with van der Waals surface area (Å²) in [6.07, 6.45) is 1.80. The zero-order chi connectivity index (χ0) is 5.70. The van der Waals surface area contributed by atoms with Crippen molar-refractivity contribution in [3.63, 3.8) is 0 Å². The van der Waals surface area contributed by atoms with Gasteiger partial charge in [0.15, 0.2) is 0 Å². The van der Waals surface area contributed by atoms with Gasteiger partial charge in [0.1, 0.15) is 0 Å². The maximum atomic E-state index is 8.19. The van der Waals surface area contributed by atoms with Gasteiger partial charge in [-0.3, -0.25) is 0 Å². The summed E-state index contributed by atoms with van der Waals surface area (Å²) in [6.45, 7) is 5.53. The van der Waals surface area contributed by atoms with Crippen molar-refractivity contribution in [3.05, 3.63) is 6.92 Å². The van der Waals surface area contributed by atoms with Gasteiger partial charge in [0, 0.05) is 5.92 Å². The molecule has 0 spiro atoms. The second-order valence-corrected chi connectivity index (χ2v) is 1.67. The maximum absolute atomic E-state index is 8.19. The molecule has 0 aromatic carbocycles. The lowest BCUT2D eigenvalue weighted by atomic mass is 10.1. The lowest BCUT2D eigenvalue weighted by Gasteiger charge is -1.92. The van der Waals surface area contributed by atoms with Crippen LogP contribution >= 0.6 is 0 Å². The average Bonchev–Trinajstić information content (AvgIpc) is 1.68. The molecule has 0 saturated carbocycles. The van der Waals surface area contributed by atoms with E-state index in [1.807, 2.05) is 6.92 Å². The molecule has 0 fully saturated rings. The van der Waals surface area contributed by atoms with E-state index in [0.29, 0.717) is 0 Å². The van der Waals surface area contributed by atoms with Gasteiger partial charge in [-0.25, -0.2) is 0 Å². The average molecular weight is 96.2 g/mol. The Hall–Kier alpha value is -0.510. The molecule has 0 aromatic rings. The summed E-state index contributed by atoms with van der Waals surface area (Å²) in [5.41, 5.74) is 0. The molecule has 1 heteroatoms. The minimum atomic E-state index is 0.192. The van der Waals surface area contributed by atoms with Gasteiger partial charge >= 0.3 is 0 Å². The molecular formula is C6H10N. The molecule has 0 aromatic heterocycles. The number of rotatable bonds is 2. The zero-order valence-electron chi connectivity index (χ0n) is 4.65. The van der Waals surface area contributed by atoms with E-state index in [-0.39, 0.29) is 5.92 Å². The Morgan fingerprint density at radius 1 is 1.86 bits per heavy atom. The summed E-state index contributed by atoms with van der Waals surface area (Å²) in [5, 5.41) is 8.19. The standard InChI is InChI=1S/C6H10N/c1-3-4-6(2)5-7/h6H,1,3-4H2,2H3. The van der Waals surface area contributed by atoms with Crippen molar-refractivity contribution in [2.75, 3.05) is 0 Å². The minimum absolute atomic E-state index is 0.192. The smallest absolute Gasteiger partial charge is 0.0652 e. The number of hydrogen-bond acceptors (Lipinski definition) is 1. The number of hydrogen-bond donors (Lipinski definition) is 0. The topological polar surface area (TPSA) is 23.8 Å². The summed E-state index contributed by atoms with van der Waals surface area (Å²) >= 11 is 0. The first-order chi connectivity index (χ1) is 3.31. The fourth-order valence-electron chi connectivity index (χ4n) is 0.371. The minimum Gasteiger partial charge on any atom is -0.198 e. The number of nitriles is 1. The van der Waals surface area contributed by atoms with Crippen molar-refractivity contribution in [1.29, 1.82) is 5.26 Å². The summed E-state index contributed by atoms with van der Waals surface area (Å²) < 4.78 is 0. The Labute approximate surface area is 45.0 Å². The molecule has 0 heterocycles. The number of nitrogens with zero attached hydrogens (tertiary/aromatic N) is 1. The van der Waals surface area contributed by atoms with E-state index < -0.39 is 0 Å². The summed E-state index contributed by atoms with van der Waals surface area (Å²) in [4.78, 5) is 0. The van der Waals surface area contributed by atoms with Gasteiger partial charge in [-0.1, -0.05) is 13.3 Å². The Kier molecular flexibility index (Phi) is 3.40. The van der Waals surface area contributed by atoms with Crippen LogP contribution in [-0.2, 0) is 0 Å². The van der Waals surface area contributed by atoms with Gasteiger partial charge in [0.25, 0.3) is 0 Å².